The molecular formula is C17H15NO. The van der Waals surface area contributed by atoms with Crippen LogP contribution in [-0.4, -0.2) is 5.16 Å². The summed E-state index contributed by atoms with van der Waals surface area (Å²) in [5.74, 6) is 0.806. The fraction of sp³-hybridized carbons (Fsp3) is 0.118. The van der Waals surface area contributed by atoms with Gasteiger partial charge in [-0.2, -0.15) is 0 Å². The first-order valence-electron chi connectivity index (χ1n) is 6.33. The maximum atomic E-state index is 5.45. The van der Waals surface area contributed by atoms with Gasteiger partial charge in [0, 0.05) is 17.2 Å². The highest BCUT2D eigenvalue weighted by Crippen LogP contribution is 2.26. The predicted molar refractivity (Wildman–Crippen MR) is 76.8 cm³/mol. The normalized spacial score (nSPS) is 10.6. The van der Waals surface area contributed by atoms with Crippen LogP contribution in [0.1, 0.15) is 11.1 Å². The first kappa shape index (κ1) is 11.7. The van der Waals surface area contributed by atoms with Crippen molar-refractivity contribution in [3.8, 4) is 22.6 Å². The van der Waals surface area contributed by atoms with Crippen molar-refractivity contribution >= 4 is 0 Å². The van der Waals surface area contributed by atoms with Crippen molar-refractivity contribution in [1.29, 1.82) is 0 Å². The Morgan fingerprint density at radius 1 is 0.789 bits per heavy atom. The summed E-state index contributed by atoms with van der Waals surface area (Å²) in [6.07, 6.45) is 0. The van der Waals surface area contributed by atoms with E-state index < -0.39 is 0 Å². The van der Waals surface area contributed by atoms with Gasteiger partial charge < -0.3 is 4.52 Å². The van der Waals surface area contributed by atoms with E-state index in [1.165, 1.54) is 11.1 Å². The summed E-state index contributed by atoms with van der Waals surface area (Å²) >= 11 is 0. The van der Waals surface area contributed by atoms with Gasteiger partial charge in [-0.1, -0.05) is 52.7 Å². The van der Waals surface area contributed by atoms with Gasteiger partial charge in [-0.3, -0.25) is 0 Å². The lowest BCUT2D eigenvalue weighted by Crippen LogP contribution is -1.78. The van der Waals surface area contributed by atoms with Crippen molar-refractivity contribution in [1.82, 2.24) is 5.16 Å². The Morgan fingerprint density at radius 3 is 2.11 bits per heavy atom. The molecule has 0 saturated carbocycles. The zero-order valence-electron chi connectivity index (χ0n) is 11.1. The van der Waals surface area contributed by atoms with Gasteiger partial charge in [-0.05, 0) is 26.0 Å². The Hall–Kier alpha value is -2.35. The quantitative estimate of drug-likeness (QED) is 0.662. The van der Waals surface area contributed by atoms with Crippen LogP contribution < -0.4 is 0 Å². The largest absolute Gasteiger partial charge is 0.356 e. The summed E-state index contributed by atoms with van der Waals surface area (Å²) in [7, 11) is 0. The molecule has 2 heteroatoms. The van der Waals surface area contributed by atoms with Crippen molar-refractivity contribution in [3.05, 3.63) is 65.7 Å². The van der Waals surface area contributed by atoms with Gasteiger partial charge in [-0.15, -0.1) is 0 Å². The third-order valence-electron chi connectivity index (χ3n) is 3.13. The number of nitrogens with zero attached hydrogens (tertiary/aromatic N) is 1. The lowest BCUT2D eigenvalue weighted by molar-refractivity contribution is 0.435. The van der Waals surface area contributed by atoms with E-state index in [0.29, 0.717) is 0 Å². The number of aromatic nitrogens is 1. The molecular weight excluding hydrogens is 234 g/mol. The van der Waals surface area contributed by atoms with Crippen LogP contribution in [0.2, 0.25) is 0 Å². The molecule has 19 heavy (non-hydrogen) atoms. The Kier molecular flexibility index (Phi) is 2.92. The average molecular weight is 249 g/mol. The van der Waals surface area contributed by atoms with Crippen LogP contribution in [-0.2, 0) is 0 Å². The molecule has 0 radical (unpaired) electrons. The Balaban J connectivity index is 2.00. The third-order valence-corrected chi connectivity index (χ3v) is 3.13. The summed E-state index contributed by atoms with van der Waals surface area (Å²) in [4.78, 5) is 0. The highest BCUT2D eigenvalue weighted by atomic mass is 16.5. The van der Waals surface area contributed by atoms with Gasteiger partial charge in [-0.25, -0.2) is 0 Å². The van der Waals surface area contributed by atoms with E-state index >= 15 is 0 Å². The highest BCUT2D eigenvalue weighted by Gasteiger charge is 2.08. The lowest BCUT2D eigenvalue weighted by atomic mass is 10.1. The van der Waals surface area contributed by atoms with Crippen LogP contribution in [0.5, 0.6) is 0 Å². The molecule has 0 N–H and O–H groups in total. The molecule has 2 nitrogen and oxygen atoms in total. The molecule has 3 rings (SSSR count). The van der Waals surface area contributed by atoms with Crippen LogP contribution in [0.25, 0.3) is 22.6 Å². The molecule has 94 valence electrons. The van der Waals surface area contributed by atoms with Crippen molar-refractivity contribution in [2.45, 2.75) is 13.8 Å². The molecule has 1 heterocycles. The van der Waals surface area contributed by atoms with Gasteiger partial charge >= 0.3 is 0 Å². The minimum atomic E-state index is 0.806. The molecule has 1 aromatic heterocycles. The van der Waals surface area contributed by atoms with Gasteiger partial charge in [0.15, 0.2) is 5.76 Å². The van der Waals surface area contributed by atoms with Crippen molar-refractivity contribution in [2.75, 3.05) is 0 Å². The Labute approximate surface area is 112 Å². The van der Waals surface area contributed by atoms with Gasteiger partial charge in [0.25, 0.3) is 0 Å². The van der Waals surface area contributed by atoms with Crippen molar-refractivity contribution in [3.63, 3.8) is 0 Å². The second kappa shape index (κ2) is 4.73. The van der Waals surface area contributed by atoms with E-state index in [4.69, 9.17) is 4.52 Å². The van der Waals surface area contributed by atoms with Crippen molar-refractivity contribution in [2.24, 2.45) is 0 Å². The van der Waals surface area contributed by atoms with Crippen LogP contribution in [0.15, 0.2) is 59.1 Å². The van der Waals surface area contributed by atoms with E-state index in [0.717, 1.165) is 22.6 Å². The van der Waals surface area contributed by atoms with E-state index in [1.54, 1.807) is 0 Å². The molecule has 0 bridgehead atoms. The third kappa shape index (κ3) is 2.43. The number of rotatable bonds is 2. The van der Waals surface area contributed by atoms with E-state index in [-0.39, 0.29) is 0 Å². The summed E-state index contributed by atoms with van der Waals surface area (Å²) in [5, 5.41) is 4.16. The number of aryl methyl sites for hydroxylation is 2. The summed E-state index contributed by atoms with van der Waals surface area (Å²) in [6.45, 7) is 4.15. The molecule has 0 aliphatic rings. The maximum absolute atomic E-state index is 5.45. The summed E-state index contributed by atoms with van der Waals surface area (Å²) < 4.78 is 5.45. The zero-order valence-corrected chi connectivity index (χ0v) is 11.1. The average Bonchev–Trinajstić information content (AvgIpc) is 2.88. The highest BCUT2D eigenvalue weighted by molar-refractivity contribution is 5.67. The standard InChI is InChI=1S/C17H15NO/c1-12-5-3-7-14(9-12)16-11-17(19-18-16)15-8-4-6-13(2)10-15/h3-11H,1-2H3. The fourth-order valence-electron chi connectivity index (χ4n) is 2.15. The van der Waals surface area contributed by atoms with Crippen LogP contribution in [0, 0.1) is 13.8 Å². The molecule has 0 unspecified atom stereocenters. The van der Waals surface area contributed by atoms with Crippen LogP contribution in [0.4, 0.5) is 0 Å². The second-order valence-electron chi connectivity index (χ2n) is 4.82. The van der Waals surface area contributed by atoms with Crippen LogP contribution in [0.3, 0.4) is 0 Å². The van der Waals surface area contributed by atoms with Gasteiger partial charge in [0.05, 0.1) is 0 Å². The molecule has 0 fully saturated rings. The predicted octanol–water partition coefficient (Wildman–Crippen LogP) is 4.63. The first-order chi connectivity index (χ1) is 9.22. The number of hydrogen-bond acceptors (Lipinski definition) is 2. The van der Waals surface area contributed by atoms with Gasteiger partial charge in [0.1, 0.15) is 5.69 Å². The minimum Gasteiger partial charge on any atom is -0.356 e. The summed E-state index contributed by atoms with van der Waals surface area (Å²) in [5.41, 5.74) is 5.46. The number of benzene rings is 2. The second-order valence-corrected chi connectivity index (χ2v) is 4.82. The molecule has 0 saturated heterocycles. The SMILES string of the molecule is Cc1cccc(-c2cc(-c3cccc(C)c3)on2)c1. The monoisotopic (exact) mass is 249 g/mol. The molecule has 2 aromatic carbocycles. The maximum Gasteiger partial charge on any atom is 0.167 e. The van der Waals surface area contributed by atoms with E-state index in [9.17, 15) is 0 Å². The Bertz CT molecular complexity index is 653. The Morgan fingerprint density at radius 2 is 1.42 bits per heavy atom. The summed E-state index contributed by atoms with van der Waals surface area (Å²) in [6, 6.07) is 18.5. The first-order valence-corrected chi connectivity index (χ1v) is 6.33. The molecule has 0 spiro atoms. The molecule has 0 atom stereocenters. The topological polar surface area (TPSA) is 26.0 Å². The molecule has 0 aliphatic heterocycles. The number of hydrogen-bond donors (Lipinski definition) is 0. The minimum absolute atomic E-state index is 0.806. The molecule has 0 aliphatic carbocycles. The smallest absolute Gasteiger partial charge is 0.167 e. The van der Waals surface area contributed by atoms with Crippen molar-refractivity contribution < 1.29 is 4.52 Å². The van der Waals surface area contributed by atoms with E-state index in [1.807, 2.05) is 30.3 Å². The molecule has 3 aromatic rings. The molecule has 0 amide bonds. The lowest BCUT2D eigenvalue weighted by Gasteiger charge is -1.97. The zero-order chi connectivity index (χ0) is 13.2. The fourth-order valence-corrected chi connectivity index (χ4v) is 2.15. The van der Waals surface area contributed by atoms with Gasteiger partial charge in [0.2, 0.25) is 0 Å². The van der Waals surface area contributed by atoms with Crippen LogP contribution >= 0.6 is 0 Å². The van der Waals surface area contributed by atoms with E-state index in [2.05, 4.69) is 43.3 Å².